The van der Waals surface area contributed by atoms with Crippen molar-refractivity contribution < 1.29 is 38.7 Å². The molecule has 0 amide bonds. The van der Waals surface area contributed by atoms with Crippen molar-refractivity contribution in [3.8, 4) is 23.0 Å². The quantitative estimate of drug-likeness (QED) is 0.0848. The average molecular weight is 837 g/mol. The number of benzene rings is 4. The Kier molecular flexibility index (Phi) is 15.5. The first-order valence-electron chi connectivity index (χ1n) is 21.6. The Morgan fingerprint density at radius 2 is 0.803 bits per heavy atom. The zero-order valence-electron chi connectivity index (χ0n) is 39.3. The van der Waals surface area contributed by atoms with Gasteiger partial charge in [-0.05, 0) is 103 Å². The van der Waals surface area contributed by atoms with E-state index in [-0.39, 0.29) is 102 Å². The number of carbonyl (C=O) groups excluding carboxylic acids is 2. The topological polar surface area (TPSA) is 112 Å². The van der Waals surface area contributed by atoms with Gasteiger partial charge in [-0.1, -0.05) is 145 Å². The van der Waals surface area contributed by atoms with E-state index in [2.05, 4.69) is 96.9 Å². The maximum Gasteiger partial charge on any atom is 0.306 e. The van der Waals surface area contributed by atoms with E-state index >= 15 is 0 Å². The van der Waals surface area contributed by atoms with E-state index in [4.69, 9.17) is 18.9 Å². The second kappa shape index (κ2) is 19.4. The highest BCUT2D eigenvalue weighted by Crippen LogP contribution is 2.43. The van der Waals surface area contributed by atoms with Crippen LogP contribution in [0.5, 0.6) is 23.0 Å². The summed E-state index contributed by atoms with van der Waals surface area (Å²) in [7, 11) is 0. The van der Waals surface area contributed by atoms with Gasteiger partial charge in [0.15, 0.2) is 0 Å². The minimum Gasteiger partial charge on any atom is -0.508 e. The van der Waals surface area contributed by atoms with E-state index in [9.17, 15) is 19.8 Å². The molecule has 2 atom stereocenters. The molecule has 0 saturated heterocycles. The lowest BCUT2D eigenvalue weighted by molar-refractivity contribution is -0.146. The second-order valence-corrected chi connectivity index (χ2v) is 21.1. The van der Waals surface area contributed by atoms with Crippen LogP contribution in [0.4, 0.5) is 0 Å². The Labute approximate surface area is 366 Å². The van der Waals surface area contributed by atoms with Gasteiger partial charge in [0.25, 0.3) is 0 Å². The molecule has 2 unspecified atom stereocenters. The molecule has 4 rings (SSSR count). The van der Waals surface area contributed by atoms with Gasteiger partial charge in [-0.2, -0.15) is 0 Å². The Morgan fingerprint density at radius 1 is 0.475 bits per heavy atom. The average Bonchev–Trinajstić information content (AvgIpc) is 3.15. The Morgan fingerprint density at radius 3 is 1.10 bits per heavy atom. The largest absolute Gasteiger partial charge is 0.508 e. The number of hydrogen-bond acceptors (Lipinski definition) is 8. The van der Waals surface area contributed by atoms with Crippen LogP contribution >= 0.6 is 0 Å². The molecule has 0 spiro atoms. The standard InChI is InChI=1S/C53H72O8/c1-49(2,3)41(35-15-25-45(54)43(31-35)51(7,8)9)33-47(56)60-29-27-58-39-21-17-37(18-22-39)53(13,14)38-19-23-40(24-20-38)59-28-30-61-48(57)34-42(50(4,5)6)36-16-26-46(55)44(32-36)52(10,11)12/h15-26,31-32,41-42,54-55H,27-30,33-34H2,1-14H3. The summed E-state index contributed by atoms with van der Waals surface area (Å²) in [5.74, 6) is 1.17. The fourth-order valence-corrected chi connectivity index (χ4v) is 7.77. The van der Waals surface area contributed by atoms with Gasteiger partial charge in [-0.3, -0.25) is 9.59 Å². The van der Waals surface area contributed by atoms with Crippen LogP contribution in [0.25, 0.3) is 0 Å². The van der Waals surface area contributed by atoms with Crippen molar-refractivity contribution in [3.63, 3.8) is 0 Å². The van der Waals surface area contributed by atoms with Gasteiger partial charge < -0.3 is 29.2 Å². The highest BCUT2D eigenvalue weighted by molar-refractivity contribution is 5.71. The van der Waals surface area contributed by atoms with Crippen LogP contribution in [0.3, 0.4) is 0 Å². The molecule has 8 nitrogen and oxygen atoms in total. The van der Waals surface area contributed by atoms with Crippen molar-refractivity contribution in [3.05, 3.63) is 118 Å². The number of carbonyl (C=O) groups is 2. The number of rotatable bonds is 16. The Balaban J connectivity index is 1.24. The zero-order chi connectivity index (χ0) is 45.6. The maximum absolute atomic E-state index is 13.0. The van der Waals surface area contributed by atoms with Gasteiger partial charge in [0.1, 0.15) is 49.4 Å². The zero-order valence-corrected chi connectivity index (χ0v) is 39.3. The summed E-state index contributed by atoms with van der Waals surface area (Å²) >= 11 is 0. The van der Waals surface area contributed by atoms with E-state index in [1.54, 1.807) is 12.1 Å². The van der Waals surface area contributed by atoms with Gasteiger partial charge in [-0.25, -0.2) is 0 Å². The molecular formula is C53H72O8. The number of esters is 2. The molecule has 4 aromatic rings. The molecule has 0 fully saturated rings. The van der Waals surface area contributed by atoms with Crippen molar-refractivity contribution in [2.45, 2.75) is 138 Å². The lowest BCUT2D eigenvalue weighted by Gasteiger charge is -2.32. The molecule has 0 aliphatic rings. The number of phenols is 2. The molecule has 0 radical (unpaired) electrons. The van der Waals surface area contributed by atoms with Gasteiger partial charge in [-0.15, -0.1) is 0 Å². The predicted octanol–water partition coefficient (Wildman–Crippen LogP) is 12.3. The summed E-state index contributed by atoms with van der Waals surface area (Å²) < 4.78 is 23.1. The first-order valence-corrected chi connectivity index (χ1v) is 21.6. The third-order valence-corrected chi connectivity index (χ3v) is 11.7. The number of phenolic OH excluding ortho intramolecular Hbond substituents is 2. The van der Waals surface area contributed by atoms with Crippen molar-refractivity contribution in [1.82, 2.24) is 0 Å². The molecule has 0 aliphatic carbocycles. The fourth-order valence-electron chi connectivity index (χ4n) is 7.77. The van der Waals surface area contributed by atoms with Gasteiger partial charge in [0.05, 0.1) is 12.8 Å². The summed E-state index contributed by atoms with van der Waals surface area (Å²) in [6.45, 7) is 30.1. The molecule has 2 N–H and O–H groups in total. The summed E-state index contributed by atoms with van der Waals surface area (Å²) in [5, 5.41) is 21.0. The van der Waals surface area contributed by atoms with Gasteiger partial charge >= 0.3 is 11.9 Å². The van der Waals surface area contributed by atoms with E-state index in [1.807, 2.05) is 72.8 Å². The van der Waals surface area contributed by atoms with Crippen molar-refractivity contribution >= 4 is 11.9 Å². The van der Waals surface area contributed by atoms with E-state index < -0.39 is 0 Å². The molecule has 0 aliphatic heterocycles. The molecule has 8 heteroatoms. The lowest BCUT2D eigenvalue weighted by Crippen LogP contribution is -2.24. The summed E-state index contributed by atoms with van der Waals surface area (Å²) in [6.07, 6.45) is 0.454. The number of ether oxygens (including phenoxy) is 4. The monoisotopic (exact) mass is 837 g/mol. The molecule has 0 aromatic heterocycles. The van der Waals surface area contributed by atoms with Crippen molar-refractivity contribution in [2.24, 2.45) is 10.8 Å². The Hall–Kier alpha value is -4.98. The Bertz CT molecular complexity index is 1920. The van der Waals surface area contributed by atoms with Crippen molar-refractivity contribution in [1.29, 1.82) is 0 Å². The van der Waals surface area contributed by atoms with Crippen LogP contribution in [0.1, 0.15) is 155 Å². The molecular weight excluding hydrogens is 765 g/mol. The molecule has 4 aromatic carbocycles. The van der Waals surface area contributed by atoms with E-state index in [0.29, 0.717) is 11.5 Å². The molecule has 0 heterocycles. The molecule has 332 valence electrons. The highest BCUT2D eigenvalue weighted by atomic mass is 16.6. The number of aromatic hydroxyl groups is 2. The minimum absolute atomic E-state index is 0.0849. The normalized spacial score (nSPS) is 13.6. The number of hydrogen-bond donors (Lipinski definition) is 2. The molecule has 0 saturated carbocycles. The van der Waals surface area contributed by atoms with E-state index in [1.165, 1.54) is 0 Å². The first-order chi connectivity index (χ1) is 28.2. The lowest BCUT2D eigenvalue weighted by atomic mass is 9.73. The third kappa shape index (κ3) is 13.5. The summed E-state index contributed by atoms with van der Waals surface area (Å²) in [5.41, 5.74) is 4.80. The summed E-state index contributed by atoms with van der Waals surface area (Å²) in [6, 6.07) is 27.2. The van der Waals surface area contributed by atoms with Gasteiger partial charge in [0.2, 0.25) is 0 Å². The highest BCUT2D eigenvalue weighted by Gasteiger charge is 2.33. The SMILES string of the molecule is CC(C)(C)c1cc(C(CC(=O)OCCOc2ccc(C(C)(C)c3ccc(OCCOC(=O)CC(c4ccc(O)c(C(C)(C)C)c4)C(C)(C)C)cc3)cc2)C(C)(C)C)ccc1O. The summed E-state index contributed by atoms with van der Waals surface area (Å²) in [4.78, 5) is 26.0. The molecule has 0 bridgehead atoms. The third-order valence-electron chi connectivity index (χ3n) is 11.7. The second-order valence-electron chi connectivity index (χ2n) is 21.1. The molecule has 61 heavy (non-hydrogen) atoms. The van der Waals surface area contributed by atoms with Crippen LogP contribution in [-0.4, -0.2) is 48.6 Å². The van der Waals surface area contributed by atoms with Crippen LogP contribution in [0.2, 0.25) is 0 Å². The van der Waals surface area contributed by atoms with Gasteiger partial charge in [0, 0.05) is 5.41 Å². The maximum atomic E-state index is 13.0. The first kappa shape index (κ1) is 48.7. The van der Waals surface area contributed by atoms with Crippen LogP contribution in [0.15, 0.2) is 84.9 Å². The predicted molar refractivity (Wildman–Crippen MR) is 245 cm³/mol. The van der Waals surface area contributed by atoms with Crippen LogP contribution in [0, 0.1) is 10.8 Å². The van der Waals surface area contributed by atoms with E-state index in [0.717, 1.165) is 33.4 Å². The smallest absolute Gasteiger partial charge is 0.306 e. The fraction of sp³-hybridized carbons (Fsp3) is 0.509. The van der Waals surface area contributed by atoms with Crippen molar-refractivity contribution in [2.75, 3.05) is 26.4 Å². The van der Waals surface area contributed by atoms with Crippen LogP contribution in [-0.2, 0) is 35.3 Å². The minimum atomic E-state index is -0.300. The van der Waals surface area contributed by atoms with Crippen LogP contribution < -0.4 is 9.47 Å².